The number of carbonyl (C=O) groups excluding carboxylic acids is 3. The minimum absolute atomic E-state index is 0.359. The predicted octanol–water partition coefficient (Wildman–Crippen LogP) is 1.49. The lowest BCUT2D eigenvalue weighted by Gasteiger charge is -2.25. The standard InChI is InChI=1S/C22H21FN2O4/c1-12-4-10-15(11-5-12)25-19(26)16-17(20(25)27)22(2,21(28)29-3)24-18(16)13-6-8-14(23)9-7-13/h4-11,16-18,24H,1-3H3/p+1/t16-,17+,18+,22-/m1/s1. The maximum absolute atomic E-state index is 13.4. The molecule has 2 N–H and O–H groups in total. The summed E-state index contributed by atoms with van der Waals surface area (Å²) in [7, 11) is 1.26. The molecule has 2 fully saturated rings. The normalized spacial score (nSPS) is 28.6. The smallest absolute Gasteiger partial charge is 0.368 e. The first kappa shape index (κ1) is 19.3. The average molecular weight is 397 g/mol. The topological polar surface area (TPSA) is 80.3 Å². The van der Waals surface area contributed by atoms with Gasteiger partial charge in [0.2, 0.25) is 17.4 Å². The Labute approximate surface area is 167 Å². The molecule has 0 bridgehead atoms. The van der Waals surface area contributed by atoms with Gasteiger partial charge in [0.15, 0.2) is 0 Å². The van der Waals surface area contributed by atoms with E-state index in [0.717, 1.165) is 5.56 Å². The number of quaternary nitrogens is 1. The maximum Gasteiger partial charge on any atom is 0.368 e. The largest absolute Gasteiger partial charge is 0.464 e. The Morgan fingerprint density at radius 3 is 2.28 bits per heavy atom. The van der Waals surface area contributed by atoms with E-state index in [9.17, 15) is 18.8 Å². The first-order valence-electron chi connectivity index (χ1n) is 9.42. The van der Waals surface area contributed by atoms with Crippen molar-refractivity contribution < 1.29 is 28.8 Å². The van der Waals surface area contributed by atoms with Crippen LogP contribution in [0.5, 0.6) is 0 Å². The number of amides is 2. The molecule has 6 nitrogen and oxygen atoms in total. The minimum Gasteiger partial charge on any atom is -0.464 e. The van der Waals surface area contributed by atoms with E-state index >= 15 is 0 Å². The molecule has 2 aromatic rings. The van der Waals surface area contributed by atoms with Gasteiger partial charge in [-0.15, -0.1) is 0 Å². The van der Waals surface area contributed by atoms with Crippen LogP contribution in [0.2, 0.25) is 0 Å². The van der Waals surface area contributed by atoms with Gasteiger partial charge in [-0.05, 0) is 31.2 Å². The number of carbonyl (C=O) groups is 3. The Hall–Kier alpha value is -3.06. The van der Waals surface area contributed by atoms with E-state index in [4.69, 9.17) is 4.74 Å². The van der Waals surface area contributed by atoms with Gasteiger partial charge < -0.3 is 10.1 Å². The zero-order valence-electron chi connectivity index (χ0n) is 16.4. The average Bonchev–Trinajstić information content (AvgIpc) is 3.17. The van der Waals surface area contributed by atoms with Gasteiger partial charge in [-0.25, -0.2) is 14.1 Å². The second kappa shape index (κ2) is 6.77. The highest BCUT2D eigenvalue weighted by Gasteiger charge is 2.70. The Bertz CT molecular complexity index is 989. The number of halogens is 1. The summed E-state index contributed by atoms with van der Waals surface area (Å²) >= 11 is 0. The third kappa shape index (κ3) is 2.84. The summed E-state index contributed by atoms with van der Waals surface area (Å²) in [6.07, 6.45) is 0. The van der Waals surface area contributed by atoms with E-state index in [0.29, 0.717) is 11.3 Å². The van der Waals surface area contributed by atoms with Crippen molar-refractivity contribution in [2.24, 2.45) is 11.8 Å². The Morgan fingerprint density at radius 1 is 1.07 bits per heavy atom. The molecule has 0 aromatic heterocycles. The predicted molar refractivity (Wildman–Crippen MR) is 102 cm³/mol. The number of esters is 1. The number of nitrogens with zero attached hydrogens (tertiary/aromatic N) is 1. The summed E-state index contributed by atoms with van der Waals surface area (Å²) in [5, 5.41) is 1.71. The van der Waals surface area contributed by atoms with Crippen LogP contribution in [0.15, 0.2) is 48.5 Å². The van der Waals surface area contributed by atoms with E-state index in [1.165, 1.54) is 24.1 Å². The Kier molecular flexibility index (Phi) is 4.50. The Morgan fingerprint density at radius 2 is 1.69 bits per heavy atom. The van der Waals surface area contributed by atoms with Crippen LogP contribution in [0.3, 0.4) is 0 Å². The highest BCUT2D eigenvalue weighted by Crippen LogP contribution is 2.45. The number of methoxy groups -OCH3 is 1. The van der Waals surface area contributed by atoms with Crippen LogP contribution >= 0.6 is 0 Å². The number of nitrogens with two attached hydrogens (primary N) is 1. The van der Waals surface area contributed by atoms with Crippen molar-refractivity contribution in [2.75, 3.05) is 12.0 Å². The van der Waals surface area contributed by atoms with Crippen LogP contribution in [0, 0.1) is 24.6 Å². The van der Waals surface area contributed by atoms with Crippen molar-refractivity contribution in [1.82, 2.24) is 0 Å². The van der Waals surface area contributed by atoms with Crippen molar-refractivity contribution >= 4 is 23.5 Å². The van der Waals surface area contributed by atoms with Gasteiger partial charge in [-0.2, -0.15) is 0 Å². The van der Waals surface area contributed by atoms with E-state index in [2.05, 4.69) is 0 Å². The van der Waals surface area contributed by atoms with E-state index < -0.39 is 41.1 Å². The zero-order valence-corrected chi connectivity index (χ0v) is 16.4. The molecule has 0 unspecified atom stereocenters. The SMILES string of the molecule is COC(=O)[C@]1(C)[NH2+][C@@H](c2ccc(F)cc2)[C@@H]2C(=O)N(c3ccc(C)cc3)C(=O)[C@H]21. The number of rotatable bonds is 3. The highest BCUT2D eigenvalue weighted by atomic mass is 19.1. The number of ether oxygens (including phenoxy) is 1. The number of anilines is 1. The molecule has 4 rings (SSSR count). The molecule has 2 heterocycles. The molecular formula is C22H22FN2O4+. The van der Waals surface area contributed by atoms with Gasteiger partial charge >= 0.3 is 5.97 Å². The molecule has 0 spiro atoms. The lowest BCUT2D eigenvalue weighted by molar-refractivity contribution is -0.730. The van der Waals surface area contributed by atoms with Crippen molar-refractivity contribution in [3.8, 4) is 0 Å². The monoisotopic (exact) mass is 397 g/mol. The van der Waals surface area contributed by atoms with Gasteiger partial charge in [0.25, 0.3) is 0 Å². The van der Waals surface area contributed by atoms with Gasteiger partial charge in [-0.3, -0.25) is 9.59 Å². The van der Waals surface area contributed by atoms with Gasteiger partial charge in [0.05, 0.1) is 12.8 Å². The van der Waals surface area contributed by atoms with Crippen molar-refractivity contribution in [3.63, 3.8) is 0 Å². The molecule has 2 aromatic carbocycles. The van der Waals surface area contributed by atoms with Crippen LogP contribution in [0.1, 0.15) is 24.1 Å². The number of benzene rings is 2. The maximum atomic E-state index is 13.4. The van der Waals surface area contributed by atoms with Crippen LogP contribution in [-0.4, -0.2) is 30.4 Å². The van der Waals surface area contributed by atoms with Crippen LogP contribution in [0.25, 0.3) is 0 Å². The molecule has 4 atom stereocenters. The molecule has 2 saturated heterocycles. The van der Waals surface area contributed by atoms with Crippen LogP contribution < -0.4 is 10.2 Å². The van der Waals surface area contributed by atoms with Crippen LogP contribution in [-0.2, 0) is 19.1 Å². The molecule has 0 radical (unpaired) electrons. The molecule has 0 aliphatic carbocycles. The minimum atomic E-state index is -1.26. The first-order chi connectivity index (χ1) is 13.8. The number of hydrogen-bond donors (Lipinski definition) is 1. The first-order valence-corrected chi connectivity index (χ1v) is 9.42. The fourth-order valence-electron chi connectivity index (χ4n) is 4.62. The second-order valence-electron chi connectivity index (χ2n) is 7.87. The molecular weight excluding hydrogens is 375 g/mol. The third-order valence-corrected chi connectivity index (χ3v) is 6.08. The lowest BCUT2D eigenvalue weighted by atomic mass is 9.80. The summed E-state index contributed by atoms with van der Waals surface area (Å²) < 4.78 is 18.4. The summed E-state index contributed by atoms with van der Waals surface area (Å²) in [5.74, 6) is -3.37. The van der Waals surface area contributed by atoms with Crippen molar-refractivity contribution in [3.05, 3.63) is 65.5 Å². The van der Waals surface area contributed by atoms with E-state index in [1.807, 2.05) is 19.1 Å². The Balaban J connectivity index is 1.81. The molecule has 29 heavy (non-hydrogen) atoms. The number of fused-ring (bicyclic) bond motifs is 1. The molecule has 2 aliphatic heterocycles. The quantitative estimate of drug-likeness (QED) is 0.629. The molecule has 150 valence electrons. The molecule has 7 heteroatoms. The zero-order chi connectivity index (χ0) is 20.9. The number of aryl methyl sites for hydroxylation is 1. The lowest BCUT2D eigenvalue weighted by Crippen LogP contribution is -2.97. The summed E-state index contributed by atoms with van der Waals surface area (Å²) in [4.78, 5) is 40.6. The van der Waals surface area contributed by atoms with Gasteiger partial charge in [0.1, 0.15) is 23.7 Å². The summed E-state index contributed by atoms with van der Waals surface area (Å²) in [5.41, 5.74) is 0.904. The highest BCUT2D eigenvalue weighted by molar-refractivity contribution is 6.23. The summed E-state index contributed by atoms with van der Waals surface area (Å²) in [6, 6.07) is 12.4. The van der Waals surface area contributed by atoms with Crippen molar-refractivity contribution in [2.45, 2.75) is 25.4 Å². The fraction of sp³-hybridized carbons (Fsp3) is 0.318. The molecule has 2 aliphatic rings. The summed E-state index contributed by atoms with van der Waals surface area (Å²) in [6.45, 7) is 3.55. The van der Waals surface area contributed by atoms with Gasteiger partial charge in [0, 0.05) is 12.5 Å². The van der Waals surface area contributed by atoms with Crippen molar-refractivity contribution in [1.29, 1.82) is 0 Å². The number of imide groups is 1. The second-order valence-corrected chi connectivity index (χ2v) is 7.87. The van der Waals surface area contributed by atoms with Gasteiger partial charge in [-0.1, -0.05) is 29.8 Å². The third-order valence-electron chi connectivity index (χ3n) is 6.08. The molecule has 2 amide bonds. The number of hydrogen-bond acceptors (Lipinski definition) is 4. The van der Waals surface area contributed by atoms with E-state index in [-0.39, 0.29) is 5.91 Å². The fourth-order valence-corrected chi connectivity index (χ4v) is 4.62. The molecule has 0 saturated carbocycles. The van der Waals surface area contributed by atoms with Crippen LogP contribution in [0.4, 0.5) is 10.1 Å². The van der Waals surface area contributed by atoms with E-state index in [1.54, 1.807) is 36.5 Å².